The number of sulfonamides is 1. The second kappa shape index (κ2) is 5.46. The van der Waals surface area contributed by atoms with Crippen molar-refractivity contribution in [2.24, 2.45) is 0 Å². The monoisotopic (exact) mass is 288 g/mol. The number of nitrogens with zero attached hydrogens (tertiary/aromatic N) is 3. The lowest BCUT2D eigenvalue weighted by atomic mass is 10.1. The van der Waals surface area contributed by atoms with E-state index < -0.39 is 10.0 Å². The first-order valence-corrected chi connectivity index (χ1v) is 7.99. The number of anilines is 1. The fourth-order valence-electron chi connectivity index (χ4n) is 2.11. The highest BCUT2D eigenvalue weighted by atomic mass is 32.2. The Morgan fingerprint density at radius 1 is 1.37 bits per heavy atom. The predicted molar refractivity (Wildman–Crippen MR) is 71.6 cm³/mol. The SMILES string of the molecule is CNS(=O)(=O)C1CCN(c2nc(C(C)C)no2)CC1. The second-order valence-corrected chi connectivity index (χ2v) is 7.19. The van der Waals surface area contributed by atoms with Crippen LogP contribution in [0.15, 0.2) is 4.52 Å². The second-order valence-electron chi connectivity index (χ2n) is 5.03. The van der Waals surface area contributed by atoms with Crippen LogP contribution in [0, 0.1) is 0 Å². The molecule has 0 aliphatic carbocycles. The lowest BCUT2D eigenvalue weighted by Gasteiger charge is -2.29. The molecular formula is C11H20N4O3S. The van der Waals surface area contributed by atoms with Gasteiger partial charge in [-0.15, -0.1) is 0 Å². The maximum atomic E-state index is 11.7. The summed E-state index contributed by atoms with van der Waals surface area (Å²) >= 11 is 0. The Balaban J connectivity index is 2.00. The van der Waals surface area contributed by atoms with E-state index in [-0.39, 0.29) is 11.2 Å². The number of hydrogen-bond acceptors (Lipinski definition) is 6. The van der Waals surface area contributed by atoms with Gasteiger partial charge in [0.2, 0.25) is 10.0 Å². The number of rotatable bonds is 4. The van der Waals surface area contributed by atoms with Crippen LogP contribution in [0.1, 0.15) is 38.4 Å². The molecule has 8 heteroatoms. The molecule has 1 fully saturated rings. The topological polar surface area (TPSA) is 88.3 Å². The van der Waals surface area contributed by atoms with Crippen LogP contribution in [0.2, 0.25) is 0 Å². The molecule has 1 N–H and O–H groups in total. The third-order valence-corrected chi connectivity index (χ3v) is 5.30. The summed E-state index contributed by atoms with van der Waals surface area (Å²) in [6.45, 7) is 5.23. The zero-order chi connectivity index (χ0) is 14.0. The summed E-state index contributed by atoms with van der Waals surface area (Å²) in [6.07, 6.45) is 1.14. The Morgan fingerprint density at radius 3 is 2.47 bits per heavy atom. The van der Waals surface area contributed by atoms with Crippen molar-refractivity contribution < 1.29 is 12.9 Å². The van der Waals surface area contributed by atoms with Gasteiger partial charge in [-0.25, -0.2) is 13.1 Å². The highest BCUT2D eigenvalue weighted by molar-refractivity contribution is 7.90. The van der Waals surface area contributed by atoms with Gasteiger partial charge in [0.15, 0.2) is 5.82 Å². The molecule has 0 amide bonds. The highest BCUT2D eigenvalue weighted by Crippen LogP contribution is 2.23. The zero-order valence-electron chi connectivity index (χ0n) is 11.5. The molecule has 0 atom stereocenters. The van der Waals surface area contributed by atoms with Gasteiger partial charge in [0, 0.05) is 19.0 Å². The van der Waals surface area contributed by atoms with Gasteiger partial charge in [-0.05, 0) is 19.9 Å². The van der Waals surface area contributed by atoms with Crippen LogP contribution in [0.3, 0.4) is 0 Å². The molecular weight excluding hydrogens is 268 g/mol. The lowest BCUT2D eigenvalue weighted by molar-refractivity contribution is 0.393. The number of nitrogens with one attached hydrogen (secondary N) is 1. The van der Waals surface area contributed by atoms with Crippen molar-refractivity contribution in [1.82, 2.24) is 14.9 Å². The van der Waals surface area contributed by atoms with Crippen LogP contribution in [0.5, 0.6) is 0 Å². The number of aromatic nitrogens is 2. The van der Waals surface area contributed by atoms with Gasteiger partial charge in [0.1, 0.15) is 0 Å². The Hall–Kier alpha value is -1.15. The minimum absolute atomic E-state index is 0.222. The molecule has 0 aromatic carbocycles. The van der Waals surface area contributed by atoms with Gasteiger partial charge in [-0.3, -0.25) is 0 Å². The number of hydrogen-bond donors (Lipinski definition) is 1. The third-order valence-electron chi connectivity index (χ3n) is 3.38. The average molecular weight is 288 g/mol. The molecule has 0 spiro atoms. The fraction of sp³-hybridized carbons (Fsp3) is 0.818. The maximum Gasteiger partial charge on any atom is 0.324 e. The van der Waals surface area contributed by atoms with Crippen molar-refractivity contribution in [2.75, 3.05) is 25.0 Å². The van der Waals surface area contributed by atoms with Crippen molar-refractivity contribution in [3.8, 4) is 0 Å². The van der Waals surface area contributed by atoms with E-state index in [4.69, 9.17) is 4.52 Å². The number of piperidine rings is 1. The van der Waals surface area contributed by atoms with E-state index >= 15 is 0 Å². The minimum Gasteiger partial charge on any atom is -0.324 e. The van der Waals surface area contributed by atoms with Crippen LogP contribution in [-0.4, -0.2) is 43.9 Å². The van der Waals surface area contributed by atoms with Crippen molar-refractivity contribution in [3.63, 3.8) is 0 Å². The first-order chi connectivity index (χ1) is 8.94. The summed E-state index contributed by atoms with van der Waals surface area (Å²) in [5, 5.41) is 3.58. The van der Waals surface area contributed by atoms with E-state index in [1.807, 2.05) is 18.7 Å². The fourth-order valence-corrected chi connectivity index (χ4v) is 3.28. The van der Waals surface area contributed by atoms with Gasteiger partial charge in [0.25, 0.3) is 0 Å². The van der Waals surface area contributed by atoms with Crippen molar-refractivity contribution in [1.29, 1.82) is 0 Å². The molecule has 1 aromatic rings. The first-order valence-electron chi connectivity index (χ1n) is 6.45. The molecule has 7 nitrogen and oxygen atoms in total. The summed E-state index contributed by atoms with van der Waals surface area (Å²) in [4.78, 5) is 6.27. The molecule has 0 radical (unpaired) electrons. The van der Waals surface area contributed by atoms with Crippen LogP contribution in [-0.2, 0) is 10.0 Å². The van der Waals surface area contributed by atoms with Gasteiger partial charge in [0.05, 0.1) is 5.25 Å². The predicted octanol–water partition coefficient (Wildman–Crippen LogP) is 0.711. The van der Waals surface area contributed by atoms with Crippen LogP contribution < -0.4 is 9.62 Å². The van der Waals surface area contributed by atoms with Crippen LogP contribution >= 0.6 is 0 Å². The molecule has 19 heavy (non-hydrogen) atoms. The normalized spacial score (nSPS) is 18.2. The summed E-state index contributed by atoms with van der Waals surface area (Å²) < 4.78 is 31.0. The van der Waals surface area contributed by atoms with E-state index in [0.29, 0.717) is 37.8 Å². The molecule has 0 unspecified atom stereocenters. The largest absolute Gasteiger partial charge is 0.324 e. The Kier molecular flexibility index (Phi) is 4.10. The molecule has 1 aromatic heterocycles. The van der Waals surface area contributed by atoms with E-state index in [9.17, 15) is 8.42 Å². The lowest BCUT2D eigenvalue weighted by Crippen LogP contribution is -2.42. The Morgan fingerprint density at radius 2 is 2.00 bits per heavy atom. The third kappa shape index (κ3) is 3.06. The van der Waals surface area contributed by atoms with E-state index in [1.54, 1.807) is 0 Å². The van der Waals surface area contributed by atoms with E-state index in [2.05, 4.69) is 14.9 Å². The standard InChI is InChI=1S/C11H20N4O3S/c1-8(2)10-13-11(18-14-10)15-6-4-9(5-7-15)19(16,17)12-3/h8-9,12H,4-7H2,1-3H3. The average Bonchev–Trinajstić information content (AvgIpc) is 2.88. The Bertz CT molecular complexity index is 518. The summed E-state index contributed by atoms with van der Waals surface area (Å²) in [5.41, 5.74) is 0. The van der Waals surface area contributed by atoms with Gasteiger partial charge in [-0.2, -0.15) is 4.98 Å². The van der Waals surface area contributed by atoms with Gasteiger partial charge >= 0.3 is 6.01 Å². The summed E-state index contributed by atoms with van der Waals surface area (Å²) in [5.74, 6) is 0.902. The summed E-state index contributed by atoms with van der Waals surface area (Å²) in [6, 6.07) is 0.490. The molecule has 2 heterocycles. The van der Waals surface area contributed by atoms with Crippen molar-refractivity contribution in [2.45, 2.75) is 37.9 Å². The highest BCUT2D eigenvalue weighted by Gasteiger charge is 2.30. The smallest absolute Gasteiger partial charge is 0.324 e. The van der Waals surface area contributed by atoms with Gasteiger partial charge in [-0.1, -0.05) is 19.0 Å². The molecule has 1 aliphatic heterocycles. The van der Waals surface area contributed by atoms with Crippen molar-refractivity contribution >= 4 is 16.0 Å². The molecule has 0 bridgehead atoms. The van der Waals surface area contributed by atoms with E-state index in [0.717, 1.165) is 0 Å². The minimum atomic E-state index is -3.18. The maximum absolute atomic E-state index is 11.7. The molecule has 1 saturated heterocycles. The molecule has 1 aliphatic rings. The first kappa shape index (κ1) is 14.3. The van der Waals surface area contributed by atoms with Crippen molar-refractivity contribution in [3.05, 3.63) is 5.82 Å². The quantitative estimate of drug-likeness (QED) is 0.878. The van der Waals surface area contributed by atoms with Gasteiger partial charge < -0.3 is 9.42 Å². The molecule has 0 saturated carbocycles. The van der Waals surface area contributed by atoms with Crippen LogP contribution in [0.4, 0.5) is 6.01 Å². The zero-order valence-corrected chi connectivity index (χ0v) is 12.3. The Labute approximate surface area is 113 Å². The molecule has 2 rings (SSSR count). The molecule has 108 valence electrons. The van der Waals surface area contributed by atoms with E-state index in [1.165, 1.54) is 7.05 Å². The summed E-state index contributed by atoms with van der Waals surface area (Å²) in [7, 11) is -1.73. The van der Waals surface area contributed by atoms with Crippen LogP contribution in [0.25, 0.3) is 0 Å².